The Balaban J connectivity index is 1.74. The van der Waals surface area contributed by atoms with Crippen LogP contribution in [-0.2, 0) is 17.6 Å². The normalized spacial score (nSPS) is 13.4. The van der Waals surface area contributed by atoms with Gasteiger partial charge in [-0.25, -0.2) is 4.79 Å². The molecule has 0 radical (unpaired) electrons. The van der Waals surface area contributed by atoms with Crippen molar-refractivity contribution in [2.24, 2.45) is 0 Å². The van der Waals surface area contributed by atoms with Crippen LogP contribution in [-0.4, -0.2) is 12.6 Å². The predicted octanol–water partition coefficient (Wildman–Crippen LogP) is 6.31. The standard InChI is InChI=1S/C22H20BrNO2S/c1-2-26-22(25)19-18(16-12-14-8-6-7-9-15(14)13-16)20(23)27-21(19)24-17-10-4-3-5-11-17/h3-11,16,24H,2,12-13H2,1H3. The van der Waals surface area contributed by atoms with Crippen LogP contribution in [0.25, 0.3) is 0 Å². The van der Waals surface area contributed by atoms with E-state index in [2.05, 4.69) is 45.5 Å². The largest absolute Gasteiger partial charge is 0.462 e. The summed E-state index contributed by atoms with van der Waals surface area (Å²) in [5, 5.41) is 4.24. The second-order valence-electron chi connectivity index (χ2n) is 6.58. The van der Waals surface area contributed by atoms with Gasteiger partial charge in [-0.15, -0.1) is 11.3 Å². The molecule has 1 aliphatic carbocycles. The molecule has 1 aliphatic rings. The van der Waals surface area contributed by atoms with Crippen LogP contribution >= 0.6 is 27.3 Å². The van der Waals surface area contributed by atoms with E-state index in [0.717, 1.165) is 32.9 Å². The molecule has 27 heavy (non-hydrogen) atoms. The number of carbonyl (C=O) groups excluding carboxylic acids is 1. The van der Waals surface area contributed by atoms with Crippen molar-refractivity contribution < 1.29 is 9.53 Å². The Morgan fingerprint density at radius 2 is 1.74 bits per heavy atom. The Bertz CT molecular complexity index is 943. The van der Waals surface area contributed by atoms with E-state index in [4.69, 9.17) is 4.74 Å². The fourth-order valence-electron chi connectivity index (χ4n) is 3.69. The third-order valence-corrected chi connectivity index (χ3v) is 6.69. The number of benzene rings is 2. The second kappa shape index (κ2) is 7.87. The molecule has 1 N–H and O–H groups in total. The molecule has 1 heterocycles. The van der Waals surface area contributed by atoms with Gasteiger partial charge in [0.1, 0.15) is 5.00 Å². The Morgan fingerprint density at radius 1 is 1.11 bits per heavy atom. The molecule has 0 spiro atoms. The van der Waals surface area contributed by atoms with Crippen LogP contribution < -0.4 is 5.32 Å². The topological polar surface area (TPSA) is 38.3 Å². The summed E-state index contributed by atoms with van der Waals surface area (Å²) in [6.45, 7) is 2.20. The van der Waals surface area contributed by atoms with Crippen molar-refractivity contribution in [1.82, 2.24) is 0 Å². The molecule has 0 unspecified atom stereocenters. The van der Waals surface area contributed by atoms with E-state index in [9.17, 15) is 4.79 Å². The van der Waals surface area contributed by atoms with Crippen LogP contribution in [0.15, 0.2) is 58.4 Å². The molecular weight excluding hydrogens is 422 g/mol. The van der Waals surface area contributed by atoms with Gasteiger partial charge >= 0.3 is 5.97 Å². The summed E-state index contributed by atoms with van der Waals surface area (Å²) in [6.07, 6.45) is 1.89. The summed E-state index contributed by atoms with van der Waals surface area (Å²) in [4.78, 5) is 12.8. The van der Waals surface area contributed by atoms with Crippen molar-refractivity contribution in [2.45, 2.75) is 25.7 Å². The highest BCUT2D eigenvalue weighted by Crippen LogP contribution is 2.47. The van der Waals surface area contributed by atoms with Crippen LogP contribution in [0, 0.1) is 0 Å². The minimum atomic E-state index is -0.260. The first-order valence-electron chi connectivity index (χ1n) is 9.05. The molecule has 4 rings (SSSR count). The van der Waals surface area contributed by atoms with Gasteiger partial charge in [-0.1, -0.05) is 42.5 Å². The van der Waals surface area contributed by atoms with Crippen LogP contribution in [0.4, 0.5) is 10.7 Å². The quantitative estimate of drug-likeness (QED) is 0.471. The summed E-state index contributed by atoms with van der Waals surface area (Å²) in [5.74, 6) is 0.0163. The van der Waals surface area contributed by atoms with E-state index < -0.39 is 0 Å². The molecule has 2 aromatic carbocycles. The number of para-hydroxylation sites is 1. The van der Waals surface area contributed by atoms with E-state index in [1.165, 1.54) is 11.1 Å². The fourth-order valence-corrected chi connectivity index (χ4v) is 5.72. The molecule has 0 amide bonds. The fraction of sp³-hybridized carbons (Fsp3) is 0.227. The molecule has 0 atom stereocenters. The molecule has 138 valence electrons. The smallest absolute Gasteiger partial charge is 0.341 e. The van der Waals surface area contributed by atoms with Crippen LogP contribution in [0.5, 0.6) is 0 Å². The lowest BCUT2D eigenvalue weighted by Crippen LogP contribution is -2.11. The highest BCUT2D eigenvalue weighted by molar-refractivity contribution is 9.11. The maximum Gasteiger partial charge on any atom is 0.341 e. The van der Waals surface area contributed by atoms with Crippen molar-refractivity contribution in [3.63, 3.8) is 0 Å². The van der Waals surface area contributed by atoms with Gasteiger partial charge in [0.05, 0.1) is 16.0 Å². The lowest BCUT2D eigenvalue weighted by molar-refractivity contribution is 0.0526. The number of hydrogen-bond acceptors (Lipinski definition) is 4. The molecule has 0 saturated heterocycles. The molecule has 0 fully saturated rings. The molecule has 5 heteroatoms. The number of halogens is 1. The summed E-state index contributed by atoms with van der Waals surface area (Å²) in [7, 11) is 0. The number of hydrogen-bond donors (Lipinski definition) is 1. The minimum absolute atomic E-state index is 0.260. The van der Waals surface area contributed by atoms with Crippen molar-refractivity contribution in [3.8, 4) is 0 Å². The van der Waals surface area contributed by atoms with E-state index in [-0.39, 0.29) is 11.9 Å². The van der Waals surface area contributed by atoms with Crippen molar-refractivity contribution in [2.75, 3.05) is 11.9 Å². The molecule has 0 saturated carbocycles. The Labute approximate surface area is 171 Å². The molecule has 3 nitrogen and oxygen atoms in total. The van der Waals surface area contributed by atoms with Crippen molar-refractivity contribution >= 4 is 43.9 Å². The SMILES string of the molecule is CCOC(=O)c1c(Nc2ccccc2)sc(Br)c1C1Cc2ccccc2C1. The lowest BCUT2D eigenvalue weighted by Gasteiger charge is -2.13. The minimum Gasteiger partial charge on any atom is -0.462 e. The predicted molar refractivity (Wildman–Crippen MR) is 114 cm³/mol. The van der Waals surface area contributed by atoms with Crippen molar-refractivity contribution in [3.05, 3.63) is 80.6 Å². The monoisotopic (exact) mass is 441 g/mol. The van der Waals surface area contributed by atoms with Gasteiger partial charge in [0.2, 0.25) is 0 Å². The van der Waals surface area contributed by atoms with E-state index in [1.807, 2.05) is 37.3 Å². The van der Waals surface area contributed by atoms with E-state index in [1.54, 1.807) is 11.3 Å². The van der Waals surface area contributed by atoms with Gasteiger partial charge < -0.3 is 10.1 Å². The molecule has 3 aromatic rings. The molecular formula is C22H20BrNO2S. The third-order valence-electron chi connectivity index (χ3n) is 4.87. The molecule has 0 aliphatic heterocycles. The van der Waals surface area contributed by atoms with Gasteiger partial charge in [0.15, 0.2) is 0 Å². The first-order valence-corrected chi connectivity index (χ1v) is 10.7. The van der Waals surface area contributed by atoms with Crippen molar-refractivity contribution in [1.29, 1.82) is 0 Å². The Morgan fingerprint density at radius 3 is 2.37 bits per heavy atom. The zero-order valence-electron chi connectivity index (χ0n) is 15.0. The molecule has 1 aromatic heterocycles. The number of esters is 1. The Hall–Kier alpha value is -2.11. The third kappa shape index (κ3) is 3.66. The highest BCUT2D eigenvalue weighted by Gasteiger charge is 2.32. The number of anilines is 2. The van der Waals surface area contributed by atoms with Crippen LogP contribution in [0.3, 0.4) is 0 Å². The van der Waals surface area contributed by atoms with Gasteiger partial charge in [0, 0.05) is 5.69 Å². The second-order valence-corrected chi connectivity index (χ2v) is 8.92. The summed E-state index contributed by atoms with van der Waals surface area (Å²) in [6, 6.07) is 18.4. The number of rotatable bonds is 5. The maximum absolute atomic E-state index is 12.8. The average molecular weight is 442 g/mol. The van der Waals surface area contributed by atoms with E-state index in [0.29, 0.717) is 12.2 Å². The lowest BCUT2D eigenvalue weighted by atomic mass is 9.95. The van der Waals surface area contributed by atoms with Crippen LogP contribution in [0.1, 0.15) is 39.9 Å². The zero-order chi connectivity index (χ0) is 18.8. The molecule has 0 bridgehead atoms. The highest BCUT2D eigenvalue weighted by atomic mass is 79.9. The Kier molecular flexibility index (Phi) is 5.32. The van der Waals surface area contributed by atoms with Gasteiger partial charge in [-0.3, -0.25) is 0 Å². The average Bonchev–Trinajstić information content (AvgIpc) is 3.23. The van der Waals surface area contributed by atoms with Gasteiger partial charge in [0.25, 0.3) is 0 Å². The number of carbonyl (C=O) groups is 1. The van der Waals surface area contributed by atoms with Gasteiger partial charge in [-0.2, -0.15) is 0 Å². The summed E-state index contributed by atoms with van der Waals surface area (Å²) < 4.78 is 6.41. The first-order chi connectivity index (χ1) is 13.2. The summed E-state index contributed by atoms with van der Waals surface area (Å²) >= 11 is 5.29. The van der Waals surface area contributed by atoms with Crippen LogP contribution in [0.2, 0.25) is 0 Å². The maximum atomic E-state index is 12.8. The first kappa shape index (κ1) is 18.3. The summed E-state index contributed by atoms with van der Waals surface area (Å²) in [5.41, 5.74) is 5.42. The number of ether oxygens (including phenoxy) is 1. The number of nitrogens with one attached hydrogen (secondary N) is 1. The number of fused-ring (bicyclic) bond motifs is 1. The van der Waals surface area contributed by atoms with Gasteiger partial charge in [-0.05, 0) is 70.4 Å². The van der Waals surface area contributed by atoms with E-state index >= 15 is 0 Å². The number of thiophene rings is 1. The zero-order valence-corrected chi connectivity index (χ0v) is 17.4.